The molecule has 0 aliphatic heterocycles. The minimum absolute atomic E-state index is 0.0803. The molecule has 0 saturated heterocycles. The summed E-state index contributed by atoms with van der Waals surface area (Å²) in [6.45, 7) is 0. The van der Waals surface area contributed by atoms with Gasteiger partial charge in [-0.15, -0.1) is 0 Å². The highest BCUT2D eigenvalue weighted by Gasteiger charge is 2.04. The average Bonchev–Trinajstić information content (AvgIpc) is 1.90. The first kappa shape index (κ1) is 6.19. The minimum Gasteiger partial charge on any atom is -0.290 e. The molecule has 0 saturated carbocycles. The zero-order valence-electron chi connectivity index (χ0n) is 4.65. The van der Waals surface area contributed by atoms with Gasteiger partial charge in [0.15, 0.2) is 5.78 Å². The maximum absolute atomic E-state index is 10.4. The van der Waals surface area contributed by atoms with Crippen LogP contribution < -0.4 is 0 Å². The van der Waals surface area contributed by atoms with Crippen LogP contribution in [0.3, 0.4) is 0 Å². The predicted octanol–water partition coefficient (Wildman–Crippen LogP) is 0.540. The first-order valence-corrected chi connectivity index (χ1v) is 2.53. The van der Waals surface area contributed by atoms with Gasteiger partial charge in [-0.3, -0.25) is 10.1 Å². The van der Waals surface area contributed by atoms with E-state index in [1.165, 1.54) is 24.3 Å². The molecule has 0 atom stereocenters. The van der Waals surface area contributed by atoms with Crippen LogP contribution in [-0.2, 0) is 9.68 Å². The second-order valence-electron chi connectivity index (χ2n) is 1.69. The number of rotatable bonds is 1. The predicted molar refractivity (Wildman–Crippen MR) is 30.8 cm³/mol. The van der Waals surface area contributed by atoms with Crippen LogP contribution in [0, 0.1) is 0 Å². The van der Waals surface area contributed by atoms with Gasteiger partial charge in [-0.1, -0.05) is 0 Å². The average molecular weight is 126 g/mol. The van der Waals surface area contributed by atoms with Crippen LogP contribution in [0.25, 0.3) is 0 Å². The van der Waals surface area contributed by atoms with Gasteiger partial charge in [0.25, 0.3) is 0 Å². The van der Waals surface area contributed by atoms with Crippen molar-refractivity contribution in [2.45, 2.75) is 6.10 Å². The number of carbonyl (C=O) groups excluding carboxylic acids is 1. The largest absolute Gasteiger partial charge is 0.290 e. The third-order valence-electron chi connectivity index (χ3n) is 1.02. The van der Waals surface area contributed by atoms with Gasteiger partial charge in [-0.2, -0.15) is 0 Å². The Balaban J connectivity index is 2.58. The summed E-state index contributed by atoms with van der Waals surface area (Å²) in [6, 6.07) is 0. The third-order valence-corrected chi connectivity index (χ3v) is 1.02. The monoisotopic (exact) mass is 126 g/mol. The molecule has 0 radical (unpaired) electrons. The molecule has 0 aromatic rings. The smallest absolute Gasteiger partial charge is 0.178 e. The molecule has 48 valence electrons. The summed E-state index contributed by atoms with van der Waals surface area (Å²) in [4.78, 5) is 14.3. The topological polar surface area (TPSA) is 46.5 Å². The summed E-state index contributed by atoms with van der Waals surface area (Å²) < 4.78 is 0. The number of allylic oxidation sites excluding steroid dienone is 2. The highest BCUT2D eigenvalue weighted by atomic mass is 17.1. The lowest BCUT2D eigenvalue weighted by Gasteiger charge is -2.03. The molecule has 9 heavy (non-hydrogen) atoms. The Morgan fingerprint density at radius 2 is 2.00 bits per heavy atom. The molecular weight excluding hydrogens is 120 g/mol. The lowest BCUT2D eigenvalue weighted by atomic mass is 10.1. The van der Waals surface area contributed by atoms with Gasteiger partial charge >= 0.3 is 0 Å². The summed E-state index contributed by atoms with van der Waals surface area (Å²) in [5.41, 5.74) is 0. The van der Waals surface area contributed by atoms with Gasteiger partial charge < -0.3 is 0 Å². The van der Waals surface area contributed by atoms with Gasteiger partial charge in [0, 0.05) is 0 Å². The zero-order valence-corrected chi connectivity index (χ0v) is 4.65. The fraction of sp³-hybridized carbons (Fsp3) is 0.167. The van der Waals surface area contributed by atoms with Gasteiger partial charge in [-0.25, -0.2) is 4.89 Å². The highest BCUT2D eigenvalue weighted by molar-refractivity contribution is 6.00. The molecule has 0 aromatic heterocycles. The first-order valence-electron chi connectivity index (χ1n) is 2.53. The highest BCUT2D eigenvalue weighted by Crippen LogP contribution is 2.00. The molecule has 3 heteroatoms. The molecule has 0 bridgehead atoms. The zero-order chi connectivity index (χ0) is 6.69. The van der Waals surface area contributed by atoms with E-state index in [1.807, 2.05) is 0 Å². The van der Waals surface area contributed by atoms with E-state index in [0.29, 0.717) is 0 Å². The lowest BCUT2D eigenvalue weighted by molar-refractivity contribution is -0.254. The van der Waals surface area contributed by atoms with Gasteiger partial charge in [-0.05, 0) is 24.3 Å². The third kappa shape index (κ3) is 1.48. The molecule has 1 aliphatic rings. The molecule has 1 rings (SSSR count). The quantitative estimate of drug-likeness (QED) is 0.412. The number of carbonyl (C=O) groups is 1. The van der Waals surface area contributed by atoms with E-state index in [2.05, 4.69) is 4.89 Å². The van der Waals surface area contributed by atoms with Crippen molar-refractivity contribution >= 4 is 5.78 Å². The van der Waals surface area contributed by atoms with E-state index in [1.54, 1.807) is 0 Å². The standard InChI is InChI=1S/C6H6O3/c7-5-1-3-6(9-8)4-2-5/h1-4,6,8H. The normalized spacial score (nSPS) is 19.0. The maximum atomic E-state index is 10.4. The molecule has 0 spiro atoms. The minimum atomic E-state index is -0.456. The Kier molecular flexibility index (Phi) is 1.77. The van der Waals surface area contributed by atoms with Crippen LogP contribution in [0.5, 0.6) is 0 Å². The van der Waals surface area contributed by atoms with Crippen LogP contribution in [0.2, 0.25) is 0 Å². The van der Waals surface area contributed by atoms with Crippen molar-refractivity contribution in [3.8, 4) is 0 Å². The van der Waals surface area contributed by atoms with Gasteiger partial charge in [0.1, 0.15) is 6.10 Å². The second-order valence-corrected chi connectivity index (χ2v) is 1.69. The lowest BCUT2D eigenvalue weighted by Crippen LogP contribution is -2.08. The van der Waals surface area contributed by atoms with Crippen molar-refractivity contribution in [3.63, 3.8) is 0 Å². The molecule has 3 nitrogen and oxygen atoms in total. The Labute approximate surface area is 52.2 Å². The molecule has 1 N–H and O–H groups in total. The second kappa shape index (κ2) is 2.57. The molecule has 0 aromatic carbocycles. The molecule has 0 amide bonds. The van der Waals surface area contributed by atoms with Crippen LogP contribution in [0.4, 0.5) is 0 Å². The summed E-state index contributed by atoms with van der Waals surface area (Å²) >= 11 is 0. The van der Waals surface area contributed by atoms with E-state index in [0.717, 1.165) is 0 Å². The Bertz CT molecular complexity index is 153. The molecule has 0 heterocycles. The van der Waals surface area contributed by atoms with Gasteiger partial charge in [0.2, 0.25) is 0 Å². The molecular formula is C6H6O3. The summed E-state index contributed by atoms with van der Waals surface area (Å²) in [7, 11) is 0. The van der Waals surface area contributed by atoms with E-state index in [4.69, 9.17) is 5.26 Å². The van der Waals surface area contributed by atoms with Crippen molar-refractivity contribution in [3.05, 3.63) is 24.3 Å². The number of hydrogen-bond acceptors (Lipinski definition) is 3. The summed E-state index contributed by atoms with van der Waals surface area (Å²) in [5, 5.41) is 8.06. The fourth-order valence-electron chi connectivity index (χ4n) is 0.569. The number of ketones is 1. The molecule has 1 aliphatic carbocycles. The van der Waals surface area contributed by atoms with E-state index >= 15 is 0 Å². The SMILES string of the molecule is O=C1C=CC(OO)C=C1. The maximum Gasteiger partial charge on any atom is 0.178 e. The van der Waals surface area contributed by atoms with Crippen molar-refractivity contribution in [1.82, 2.24) is 0 Å². The van der Waals surface area contributed by atoms with Crippen LogP contribution >= 0.6 is 0 Å². The van der Waals surface area contributed by atoms with Crippen molar-refractivity contribution in [1.29, 1.82) is 0 Å². The van der Waals surface area contributed by atoms with Crippen LogP contribution in [-0.4, -0.2) is 17.1 Å². The fourth-order valence-corrected chi connectivity index (χ4v) is 0.569. The van der Waals surface area contributed by atoms with Crippen molar-refractivity contribution in [2.75, 3.05) is 0 Å². The summed E-state index contributed by atoms with van der Waals surface area (Å²) in [5.74, 6) is -0.0803. The molecule has 0 unspecified atom stereocenters. The molecule has 0 fully saturated rings. The van der Waals surface area contributed by atoms with E-state index in [-0.39, 0.29) is 5.78 Å². The van der Waals surface area contributed by atoms with Gasteiger partial charge in [0.05, 0.1) is 0 Å². The van der Waals surface area contributed by atoms with Crippen molar-refractivity contribution < 1.29 is 14.9 Å². The first-order chi connectivity index (χ1) is 4.33. The van der Waals surface area contributed by atoms with Crippen molar-refractivity contribution in [2.24, 2.45) is 0 Å². The van der Waals surface area contributed by atoms with Crippen LogP contribution in [0.15, 0.2) is 24.3 Å². The Hall–Kier alpha value is -0.930. The van der Waals surface area contributed by atoms with Crippen LogP contribution in [0.1, 0.15) is 0 Å². The number of hydrogen-bond donors (Lipinski definition) is 1. The van der Waals surface area contributed by atoms with E-state index < -0.39 is 6.10 Å². The van der Waals surface area contributed by atoms with E-state index in [9.17, 15) is 4.79 Å². The Morgan fingerprint density at radius 1 is 1.44 bits per heavy atom. The summed E-state index contributed by atoms with van der Waals surface area (Å²) in [6.07, 6.45) is 5.19. The Morgan fingerprint density at radius 3 is 2.44 bits per heavy atom.